The van der Waals surface area contributed by atoms with Crippen molar-refractivity contribution in [3.8, 4) is 0 Å². The molecule has 1 amide bonds. The monoisotopic (exact) mass is 362 g/mol. The van der Waals surface area contributed by atoms with Crippen molar-refractivity contribution in [3.63, 3.8) is 0 Å². The van der Waals surface area contributed by atoms with Crippen molar-refractivity contribution >= 4 is 22.4 Å². The van der Waals surface area contributed by atoms with Gasteiger partial charge in [0.25, 0.3) is 5.56 Å². The van der Waals surface area contributed by atoms with Crippen LogP contribution in [0.2, 0.25) is 0 Å². The van der Waals surface area contributed by atoms with Gasteiger partial charge in [-0.1, -0.05) is 18.2 Å². The zero-order chi connectivity index (χ0) is 18.8. The van der Waals surface area contributed by atoms with Crippen LogP contribution in [0.1, 0.15) is 11.3 Å². The van der Waals surface area contributed by atoms with Crippen LogP contribution in [0.3, 0.4) is 0 Å². The minimum Gasteiger partial charge on any atom is -0.368 e. The zero-order valence-corrected chi connectivity index (χ0v) is 15.3. The van der Waals surface area contributed by atoms with E-state index in [0.717, 1.165) is 24.0 Å². The summed E-state index contributed by atoms with van der Waals surface area (Å²) in [5.41, 5.74) is 2.84. The first-order chi connectivity index (χ1) is 13.1. The van der Waals surface area contributed by atoms with Crippen molar-refractivity contribution in [2.45, 2.75) is 13.3 Å². The van der Waals surface area contributed by atoms with Gasteiger partial charge in [-0.2, -0.15) is 0 Å². The number of fused-ring (bicyclic) bond motifs is 1. The van der Waals surface area contributed by atoms with Gasteiger partial charge in [-0.15, -0.1) is 0 Å². The fraction of sp³-hybridized carbons (Fsp3) is 0.286. The Labute approximate surface area is 157 Å². The SMILES string of the molecule is Cc1cnccc1N1CCN(C(=O)Cc2cc3ccccc3c(=O)[nH]2)CC1. The van der Waals surface area contributed by atoms with Crippen LogP contribution in [0, 0.1) is 6.92 Å². The Kier molecular flexibility index (Phi) is 4.62. The molecule has 0 bridgehead atoms. The lowest BCUT2D eigenvalue weighted by molar-refractivity contribution is -0.130. The summed E-state index contributed by atoms with van der Waals surface area (Å²) in [4.78, 5) is 36.0. The fourth-order valence-corrected chi connectivity index (χ4v) is 3.65. The first kappa shape index (κ1) is 17.3. The standard InChI is InChI=1S/C21H22N4O2/c1-15-14-22-7-6-19(15)24-8-10-25(11-9-24)20(26)13-17-12-16-4-2-3-5-18(16)21(27)23-17/h2-7,12,14H,8-11,13H2,1H3,(H,23,27). The van der Waals surface area contributed by atoms with Crippen LogP contribution in [0.25, 0.3) is 10.8 Å². The normalized spacial score (nSPS) is 14.6. The number of aryl methyl sites for hydroxylation is 1. The van der Waals surface area contributed by atoms with Crippen LogP contribution in [0.4, 0.5) is 5.69 Å². The number of H-pyrrole nitrogens is 1. The number of hydrogen-bond donors (Lipinski definition) is 1. The Balaban J connectivity index is 1.43. The molecule has 6 heteroatoms. The number of rotatable bonds is 3. The second-order valence-electron chi connectivity index (χ2n) is 6.92. The maximum Gasteiger partial charge on any atom is 0.256 e. The molecule has 1 aliphatic rings. The van der Waals surface area contributed by atoms with E-state index in [4.69, 9.17) is 0 Å². The number of aromatic nitrogens is 2. The first-order valence-corrected chi connectivity index (χ1v) is 9.16. The van der Waals surface area contributed by atoms with Gasteiger partial charge in [0.15, 0.2) is 0 Å². The Morgan fingerprint density at radius 1 is 1.15 bits per heavy atom. The summed E-state index contributed by atoms with van der Waals surface area (Å²) in [5.74, 6) is 0.0482. The van der Waals surface area contributed by atoms with Crippen molar-refractivity contribution in [2.24, 2.45) is 0 Å². The van der Waals surface area contributed by atoms with Crippen LogP contribution in [0.15, 0.2) is 53.6 Å². The second-order valence-corrected chi connectivity index (χ2v) is 6.92. The second kappa shape index (κ2) is 7.23. The van der Waals surface area contributed by atoms with Crippen LogP contribution in [-0.4, -0.2) is 47.0 Å². The summed E-state index contributed by atoms with van der Waals surface area (Å²) in [6.45, 7) is 5.00. The number of aromatic amines is 1. The number of carbonyl (C=O) groups excluding carboxylic acids is 1. The van der Waals surface area contributed by atoms with E-state index in [0.29, 0.717) is 24.2 Å². The van der Waals surface area contributed by atoms with Gasteiger partial charge in [-0.05, 0) is 36.1 Å². The molecule has 4 rings (SSSR count). The van der Waals surface area contributed by atoms with Crippen molar-refractivity contribution in [3.05, 3.63) is 70.4 Å². The topological polar surface area (TPSA) is 69.3 Å². The summed E-state index contributed by atoms with van der Waals surface area (Å²) < 4.78 is 0. The largest absolute Gasteiger partial charge is 0.368 e. The van der Waals surface area contributed by atoms with Crippen molar-refractivity contribution in [1.29, 1.82) is 0 Å². The van der Waals surface area contributed by atoms with Crippen LogP contribution >= 0.6 is 0 Å². The van der Waals surface area contributed by atoms with Gasteiger partial charge in [-0.25, -0.2) is 0 Å². The number of pyridine rings is 2. The van der Waals surface area contributed by atoms with Gasteiger partial charge in [0.1, 0.15) is 0 Å². The molecule has 3 aromatic rings. The van der Waals surface area contributed by atoms with Gasteiger partial charge in [-0.3, -0.25) is 14.6 Å². The molecule has 0 spiro atoms. The van der Waals surface area contributed by atoms with Crippen LogP contribution < -0.4 is 10.5 Å². The fourth-order valence-electron chi connectivity index (χ4n) is 3.65. The number of piperazine rings is 1. The molecule has 1 fully saturated rings. The maximum absolute atomic E-state index is 12.7. The van der Waals surface area contributed by atoms with E-state index in [2.05, 4.69) is 21.8 Å². The molecule has 6 nitrogen and oxygen atoms in total. The van der Waals surface area contributed by atoms with Crippen molar-refractivity contribution < 1.29 is 4.79 Å². The lowest BCUT2D eigenvalue weighted by atomic mass is 10.1. The quantitative estimate of drug-likeness (QED) is 0.775. The molecule has 0 saturated carbocycles. The molecule has 138 valence electrons. The molecule has 1 N–H and O–H groups in total. The van der Waals surface area contributed by atoms with E-state index >= 15 is 0 Å². The number of anilines is 1. The summed E-state index contributed by atoms with van der Waals surface area (Å²) in [5, 5.41) is 1.51. The number of carbonyl (C=O) groups is 1. The molecule has 1 aliphatic heterocycles. The molecule has 1 saturated heterocycles. The maximum atomic E-state index is 12.7. The molecule has 2 aromatic heterocycles. The molecular weight excluding hydrogens is 340 g/mol. The molecule has 0 unspecified atom stereocenters. The van der Waals surface area contributed by atoms with E-state index in [-0.39, 0.29) is 17.9 Å². The Morgan fingerprint density at radius 3 is 2.70 bits per heavy atom. The molecule has 27 heavy (non-hydrogen) atoms. The van der Waals surface area contributed by atoms with E-state index in [1.54, 1.807) is 12.3 Å². The Morgan fingerprint density at radius 2 is 1.93 bits per heavy atom. The lowest BCUT2D eigenvalue weighted by Gasteiger charge is -2.36. The summed E-state index contributed by atoms with van der Waals surface area (Å²) in [6, 6.07) is 11.3. The number of benzene rings is 1. The predicted molar refractivity (Wildman–Crippen MR) is 106 cm³/mol. The third-order valence-corrected chi connectivity index (χ3v) is 5.11. The molecule has 0 radical (unpaired) electrons. The number of amides is 1. The highest BCUT2D eigenvalue weighted by Gasteiger charge is 2.22. The first-order valence-electron chi connectivity index (χ1n) is 9.16. The average Bonchev–Trinajstić information content (AvgIpc) is 2.68. The summed E-state index contributed by atoms with van der Waals surface area (Å²) in [7, 11) is 0. The third-order valence-electron chi connectivity index (χ3n) is 5.11. The summed E-state index contributed by atoms with van der Waals surface area (Å²) >= 11 is 0. The molecule has 3 heterocycles. The minimum atomic E-state index is -0.145. The van der Waals surface area contributed by atoms with Crippen LogP contribution in [0.5, 0.6) is 0 Å². The Bertz CT molecular complexity index is 1040. The van der Waals surface area contributed by atoms with Gasteiger partial charge in [0.05, 0.1) is 6.42 Å². The van der Waals surface area contributed by atoms with Crippen molar-refractivity contribution in [2.75, 3.05) is 31.1 Å². The minimum absolute atomic E-state index is 0.0482. The smallest absolute Gasteiger partial charge is 0.256 e. The number of nitrogens with zero attached hydrogens (tertiary/aromatic N) is 3. The molecule has 0 aliphatic carbocycles. The van der Waals surface area contributed by atoms with Gasteiger partial charge >= 0.3 is 0 Å². The van der Waals surface area contributed by atoms with Crippen molar-refractivity contribution in [1.82, 2.24) is 14.9 Å². The highest BCUT2D eigenvalue weighted by atomic mass is 16.2. The van der Waals surface area contributed by atoms with E-state index < -0.39 is 0 Å². The molecular formula is C21H22N4O2. The van der Waals surface area contributed by atoms with Gasteiger partial charge < -0.3 is 14.8 Å². The van der Waals surface area contributed by atoms with Gasteiger partial charge in [0, 0.05) is 55.3 Å². The van der Waals surface area contributed by atoms with Crippen LogP contribution in [-0.2, 0) is 11.2 Å². The third kappa shape index (κ3) is 3.56. The summed E-state index contributed by atoms with van der Waals surface area (Å²) in [6.07, 6.45) is 3.88. The predicted octanol–water partition coefficient (Wildman–Crippen LogP) is 2.12. The Hall–Kier alpha value is -3.15. The number of hydrogen-bond acceptors (Lipinski definition) is 4. The highest BCUT2D eigenvalue weighted by molar-refractivity contribution is 5.84. The van der Waals surface area contributed by atoms with E-state index in [1.807, 2.05) is 41.4 Å². The van der Waals surface area contributed by atoms with E-state index in [9.17, 15) is 9.59 Å². The zero-order valence-electron chi connectivity index (χ0n) is 15.3. The molecule has 0 atom stereocenters. The highest BCUT2D eigenvalue weighted by Crippen LogP contribution is 2.20. The van der Waals surface area contributed by atoms with E-state index in [1.165, 1.54) is 5.69 Å². The average molecular weight is 362 g/mol. The van der Waals surface area contributed by atoms with Gasteiger partial charge in [0.2, 0.25) is 5.91 Å². The molecule has 1 aromatic carbocycles. The number of nitrogens with one attached hydrogen (secondary N) is 1. The lowest BCUT2D eigenvalue weighted by Crippen LogP contribution is -2.49.